The normalized spacial score (nSPS) is 16.1. The molecule has 78 valence electrons. The Morgan fingerprint density at radius 1 is 1.47 bits per heavy atom. The van der Waals surface area contributed by atoms with Crippen LogP contribution in [0.4, 0.5) is 0 Å². The number of nitrogens with zero attached hydrogens (tertiary/aromatic N) is 3. The zero-order chi connectivity index (χ0) is 10.5. The van der Waals surface area contributed by atoms with Gasteiger partial charge in [0.2, 0.25) is 0 Å². The standard InChI is InChI=1S/C12H15N3/c1-2-15-9-8-14-12(15)6-5-11-4-3-7-13-10-11/h3-7,10H,2,8-9H2,1H3/b6-5+. The molecule has 0 saturated heterocycles. The molecule has 0 atom stereocenters. The van der Waals surface area contributed by atoms with Gasteiger partial charge in [-0.1, -0.05) is 6.07 Å². The molecule has 1 aromatic heterocycles. The second kappa shape index (κ2) is 4.73. The topological polar surface area (TPSA) is 28.5 Å². The Bertz CT molecular complexity index is 368. The third-order valence-electron chi connectivity index (χ3n) is 2.46. The van der Waals surface area contributed by atoms with Gasteiger partial charge in [-0.15, -0.1) is 0 Å². The summed E-state index contributed by atoms with van der Waals surface area (Å²) in [6.45, 7) is 5.14. The van der Waals surface area contributed by atoms with E-state index in [0.29, 0.717) is 0 Å². The number of hydrogen-bond acceptors (Lipinski definition) is 3. The van der Waals surface area contributed by atoms with Crippen LogP contribution < -0.4 is 0 Å². The van der Waals surface area contributed by atoms with E-state index in [1.54, 1.807) is 6.20 Å². The first-order valence-corrected chi connectivity index (χ1v) is 5.27. The molecular weight excluding hydrogens is 186 g/mol. The highest BCUT2D eigenvalue weighted by Gasteiger charge is 2.10. The van der Waals surface area contributed by atoms with Crippen molar-refractivity contribution in [1.82, 2.24) is 9.88 Å². The molecule has 0 N–H and O–H groups in total. The van der Waals surface area contributed by atoms with Crippen LogP contribution in [0, 0.1) is 0 Å². The minimum absolute atomic E-state index is 0.917. The van der Waals surface area contributed by atoms with E-state index in [4.69, 9.17) is 0 Å². The molecular formula is C12H15N3. The Morgan fingerprint density at radius 3 is 3.13 bits per heavy atom. The molecule has 0 fully saturated rings. The van der Waals surface area contributed by atoms with Gasteiger partial charge in [-0.05, 0) is 30.7 Å². The van der Waals surface area contributed by atoms with Gasteiger partial charge in [0, 0.05) is 25.5 Å². The maximum Gasteiger partial charge on any atom is 0.123 e. The zero-order valence-corrected chi connectivity index (χ0v) is 8.93. The number of likely N-dealkylation sites (N-methyl/N-ethyl adjacent to an activating group) is 1. The molecule has 1 aromatic rings. The highest BCUT2D eigenvalue weighted by atomic mass is 15.2. The molecule has 15 heavy (non-hydrogen) atoms. The van der Waals surface area contributed by atoms with Gasteiger partial charge in [0.05, 0.1) is 6.54 Å². The first-order chi connectivity index (χ1) is 7.40. The molecule has 0 spiro atoms. The van der Waals surface area contributed by atoms with Gasteiger partial charge in [-0.2, -0.15) is 0 Å². The highest BCUT2D eigenvalue weighted by Crippen LogP contribution is 2.05. The van der Waals surface area contributed by atoms with Crippen molar-refractivity contribution in [3.05, 3.63) is 36.2 Å². The summed E-state index contributed by atoms with van der Waals surface area (Å²) in [6, 6.07) is 3.98. The van der Waals surface area contributed by atoms with Crippen LogP contribution in [0.15, 0.2) is 35.6 Å². The van der Waals surface area contributed by atoms with Gasteiger partial charge in [-0.3, -0.25) is 9.98 Å². The quantitative estimate of drug-likeness (QED) is 0.746. The molecule has 2 rings (SSSR count). The molecule has 0 aromatic carbocycles. The molecule has 0 radical (unpaired) electrons. The molecule has 1 aliphatic rings. The summed E-state index contributed by atoms with van der Waals surface area (Å²) in [4.78, 5) is 10.8. The van der Waals surface area contributed by atoms with E-state index in [1.807, 2.05) is 18.3 Å². The summed E-state index contributed by atoms with van der Waals surface area (Å²) >= 11 is 0. The highest BCUT2D eigenvalue weighted by molar-refractivity contribution is 5.97. The molecule has 1 aliphatic heterocycles. The van der Waals surface area contributed by atoms with Crippen LogP contribution in [0.5, 0.6) is 0 Å². The maximum atomic E-state index is 4.44. The number of aromatic nitrogens is 1. The fraction of sp³-hybridized carbons (Fsp3) is 0.333. The lowest BCUT2D eigenvalue weighted by Crippen LogP contribution is -2.25. The van der Waals surface area contributed by atoms with Gasteiger partial charge in [-0.25, -0.2) is 0 Å². The fourth-order valence-corrected chi connectivity index (χ4v) is 1.62. The smallest absolute Gasteiger partial charge is 0.123 e. The number of pyridine rings is 1. The van der Waals surface area contributed by atoms with Crippen LogP contribution in [-0.2, 0) is 0 Å². The lowest BCUT2D eigenvalue weighted by atomic mass is 10.2. The third-order valence-corrected chi connectivity index (χ3v) is 2.46. The van der Waals surface area contributed by atoms with E-state index >= 15 is 0 Å². The van der Waals surface area contributed by atoms with Gasteiger partial charge in [0.25, 0.3) is 0 Å². The van der Waals surface area contributed by atoms with Crippen molar-refractivity contribution in [2.75, 3.05) is 19.6 Å². The van der Waals surface area contributed by atoms with Crippen molar-refractivity contribution in [2.24, 2.45) is 4.99 Å². The number of rotatable bonds is 3. The predicted molar refractivity (Wildman–Crippen MR) is 62.8 cm³/mol. The summed E-state index contributed by atoms with van der Waals surface area (Å²) in [6.07, 6.45) is 7.75. The average molecular weight is 201 g/mol. The SMILES string of the molecule is CCN1CCN=C1/C=C/c1cccnc1. The van der Waals surface area contributed by atoms with Crippen LogP contribution in [0.2, 0.25) is 0 Å². The molecule has 0 saturated carbocycles. The summed E-state index contributed by atoms with van der Waals surface area (Å²) in [5.74, 6) is 1.08. The molecule has 3 heteroatoms. The zero-order valence-electron chi connectivity index (χ0n) is 8.93. The van der Waals surface area contributed by atoms with Crippen molar-refractivity contribution in [1.29, 1.82) is 0 Å². The van der Waals surface area contributed by atoms with Crippen molar-refractivity contribution in [2.45, 2.75) is 6.92 Å². The first-order valence-electron chi connectivity index (χ1n) is 5.27. The van der Waals surface area contributed by atoms with Crippen LogP contribution in [-0.4, -0.2) is 35.4 Å². The van der Waals surface area contributed by atoms with Crippen molar-refractivity contribution < 1.29 is 0 Å². The number of aliphatic imine (C=N–C) groups is 1. The van der Waals surface area contributed by atoms with E-state index in [-0.39, 0.29) is 0 Å². The molecule has 0 unspecified atom stereocenters. The van der Waals surface area contributed by atoms with Crippen molar-refractivity contribution in [3.8, 4) is 0 Å². The Kier molecular flexibility index (Phi) is 3.12. The maximum absolute atomic E-state index is 4.44. The fourth-order valence-electron chi connectivity index (χ4n) is 1.62. The Morgan fingerprint density at radius 2 is 2.40 bits per heavy atom. The lowest BCUT2D eigenvalue weighted by molar-refractivity contribution is 0.485. The summed E-state index contributed by atoms with van der Waals surface area (Å²) in [5, 5.41) is 0. The molecule has 0 amide bonds. The van der Waals surface area contributed by atoms with Gasteiger partial charge in [0.1, 0.15) is 5.84 Å². The Balaban J connectivity index is 2.06. The largest absolute Gasteiger partial charge is 0.355 e. The summed E-state index contributed by atoms with van der Waals surface area (Å²) < 4.78 is 0. The number of amidine groups is 1. The van der Waals surface area contributed by atoms with Gasteiger partial charge >= 0.3 is 0 Å². The predicted octanol–water partition coefficient (Wildman–Crippen LogP) is 1.83. The summed E-state index contributed by atoms with van der Waals surface area (Å²) in [7, 11) is 0. The van der Waals surface area contributed by atoms with Crippen molar-refractivity contribution in [3.63, 3.8) is 0 Å². The minimum Gasteiger partial charge on any atom is -0.355 e. The average Bonchev–Trinajstić information content (AvgIpc) is 2.75. The third kappa shape index (κ3) is 2.43. The van der Waals surface area contributed by atoms with E-state index < -0.39 is 0 Å². The van der Waals surface area contributed by atoms with E-state index in [1.165, 1.54) is 0 Å². The molecule has 3 nitrogen and oxygen atoms in total. The minimum atomic E-state index is 0.917. The van der Waals surface area contributed by atoms with Crippen LogP contribution >= 0.6 is 0 Å². The van der Waals surface area contributed by atoms with Crippen LogP contribution in [0.1, 0.15) is 12.5 Å². The monoisotopic (exact) mass is 201 g/mol. The van der Waals surface area contributed by atoms with Gasteiger partial charge in [0.15, 0.2) is 0 Å². The first kappa shape index (κ1) is 9.90. The molecule has 0 bridgehead atoms. The lowest BCUT2D eigenvalue weighted by Gasteiger charge is -2.14. The van der Waals surface area contributed by atoms with E-state index in [2.05, 4.69) is 34.0 Å². The van der Waals surface area contributed by atoms with Gasteiger partial charge < -0.3 is 4.90 Å². The second-order valence-electron chi connectivity index (χ2n) is 3.44. The van der Waals surface area contributed by atoms with E-state index in [0.717, 1.165) is 31.0 Å². The second-order valence-corrected chi connectivity index (χ2v) is 3.44. The Labute approximate surface area is 90.2 Å². The van der Waals surface area contributed by atoms with Crippen molar-refractivity contribution >= 4 is 11.9 Å². The van der Waals surface area contributed by atoms with Crippen LogP contribution in [0.3, 0.4) is 0 Å². The van der Waals surface area contributed by atoms with Crippen LogP contribution in [0.25, 0.3) is 6.08 Å². The molecule has 2 heterocycles. The number of hydrogen-bond donors (Lipinski definition) is 0. The Hall–Kier alpha value is -1.64. The molecule has 0 aliphatic carbocycles. The summed E-state index contributed by atoms with van der Waals surface area (Å²) in [5.41, 5.74) is 1.11. The van der Waals surface area contributed by atoms with E-state index in [9.17, 15) is 0 Å².